The molecule has 0 aliphatic heterocycles. The monoisotopic (exact) mass is 1100 g/mol. The van der Waals surface area contributed by atoms with E-state index in [4.69, 9.17) is 0 Å². The average molecular weight is 1100 g/mol. The van der Waals surface area contributed by atoms with Crippen LogP contribution in [0.3, 0.4) is 0 Å². The van der Waals surface area contributed by atoms with Gasteiger partial charge in [0, 0.05) is 0 Å². The van der Waals surface area contributed by atoms with Crippen molar-refractivity contribution < 1.29 is 204 Å². The number of hydrogen-bond donors (Lipinski definition) is 0. The van der Waals surface area contributed by atoms with Crippen LogP contribution in [0.25, 0.3) is 0 Å². The first-order chi connectivity index (χ1) is 27.7. The first-order valence-electron chi connectivity index (χ1n) is 13.3. The van der Waals surface area contributed by atoms with Gasteiger partial charge in [-0.1, -0.05) is 0 Å². The summed E-state index contributed by atoms with van der Waals surface area (Å²) in [7, 11) is 0. The van der Waals surface area contributed by atoms with E-state index in [0.29, 0.717) is 0 Å². The second-order valence-corrected chi connectivity index (χ2v) is 11.0. The van der Waals surface area contributed by atoms with E-state index >= 15 is 0 Å². The quantitative estimate of drug-likeness (QED) is 0.0843. The highest BCUT2D eigenvalue weighted by molar-refractivity contribution is 5.79. The Morgan fingerprint density at radius 1 is 0.212 bits per heavy atom. The molecule has 0 spiro atoms. The maximum atomic E-state index is 13.7. The zero-order valence-corrected chi connectivity index (χ0v) is 27.6. The molecule has 0 atom stereocenters. The largest absolute Gasteiger partial charge is 0.496 e. The summed E-state index contributed by atoms with van der Waals surface area (Å²) in [5, 5.41) is 0. The third kappa shape index (κ3) is 9.72. The fourth-order valence-electron chi connectivity index (χ4n) is 2.82. The van der Waals surface area contributed by atoms with Crippen LogP contribution in [0, 0.1) is 0 Å². The Morgan fingerprint density at radius 2 is 0.394 bits per heavy atom. The molecule has 0 N–H and O–H groups in total. The van der Waals surface area contributed by atoms with Crippen LogP contribution >= 0.6 is 0 Å². The molecular formula is C20F40O6. The Morgan fingerprint density at radius 3 is 0.636 bits per heavy atom. The van der Waals surface area contributed by atoms with Gasteiger partial charge in [0.15, 0.2) is 0 Å². The zero-order chi connectivity index (χ0) is 54.6. The summed E-state index contributed by atoms with van der Waals surface area (Å²) in [6.45, 7) is 0. The fourth-order valence-corrected chi connectivity index (χ4v) is 2.82. The predicted molar refractivity (Wildman–Crippen MR) is 107 cm³/mol. The molecule has 0 rings (SSSR count). The van der Waals surface area contributed by atoms with Crippen molar-refractivity contribution >= 4 is 5.97 Å². The van der Waals surface area contributed by atoms with Crippen molar-refractivity contribution in [3.63, 3.8) is 0 Å². The van der Waals surface area contributed by atoms with E-state index in [2.05, 4.69) is 0 Å². The van der Waals surface area contributed by atoms with Crippen molar-refractivity contribution in [1.29, 1.82) is 0 Å². The molecule has 0 bridgehead atoms. The van der Waals surface area contributed by atoms with E-state index in [1.807, 2.05) is 0 Å². The van der Waals surface area contributed by atoms with Crippen LogP contribution in [0.1, 0.15) is 0 Å². The lowest BCUT2D eigenvalue weighted by atomic mass is 9.91. The molecule has 0 aliphatic carbocycles. The molecule has 0 unspecified atom stereocenters. The minimum atomic E-state index is -9.46. The average Bonchev–Trinajstić information content (AvgIpc) is 3.00. The van der Waals surface area contributed by atoms with Crippen LogP contribution in [0.2, 0.25) is 0 Å². The van der Waals surface area contributed by atoms with E-state index in [1.165, 1.54) is 0 Å². The molecule has 0 fully saturated rings. The Kier molecular flexibility index (Phi) is 15.2. The fraction of sp³-hybridized carbons (Fsp3) is 0.950. The van der Waals surface area contributed by atoms with Crippen molar-refractivity contribution in [1.82, 2.24) is 0 Å². The Labute approximate surface area is 326 Å². The van der Waals surface area contributed by atoms with Crippen molar-refractivity contribution in [3.8, 4) is 0 Å². The predicted octanol–water partition coefficient (Wildman–Crippen LogP) is 12.1. The highest BCUT2D eigenvalue weighted by atomic mass is 19.4. The summed E-state index contributed by atoms with van der Waals surface area (Å²) in [6, 6.07) is 0. The Balaban J connectivity index is 6.78. The summed E-state index contributed by atoms with van der Waals surface area (Å²) in [5.41, 5.74) is 0. The minimum Gasteiger partial charge on any atom is -0.389 e. The van der Waals surface area contributed by atoms with Gasteiger partial charge in [0.05, 0.1) is 0 Å². The molecule has 66 heavy (non-hydrogen) atoms. The van der Waals surface area contributed by atoms with Crippen molar-refractivity contribution in [2.45, 2.75) is 115 Å². The van der Waals surface area contributed by atoms with Gasteiger partial charge in [0.1, 0.15) is 0 Å². The number of hydrogen-bond acceptors (Lipinski definition) is 6. The number of rotatable bonds is 21. The summed E-state index contributed by atoms with van der Waals surface area (Å²) < 4.78 is 531. The summed E-state index contributed by atoms with van der Waals surface area (Å²) in [6.07, 6.45) is -94.1. The lowest BCUT2D eigenvalue weighted by Crippen LogP contribution is -2.73. The summed E-state index contributed by atoms with van der Waals surface area (Å²) >= 11 is 0. The summed E-state index contributed by atoms with van der Waals surface area (Å²) in [5.74, 6) is -78.0. The SMILES string of the molecule is O=C(OC(F)(F)C(F)(F)OC(F)(F)C(F)(F)OC(F)(F)C(F)(F)OC(F)(F)C(F)(F)OC(F)(F)C(F)(F)C(F)(F)C(F)(F)F)C(F)(F)C(F)(F)C(F)(F)C(F)(F)C(F)(F)C(F)(F)C(F)(F)F. The molecule has 46 heteroatoms. The topological polar surface area (TPSA) is 63.2 Å². The van der Waals surface area contributed by atoms with Crippen LogP contribution in [0.5, 0.6) is 0 Å². The Hall–Kier alpha value is -3.49. The lowest BCUT2D eigenvalue weighted by molar-refractivity contribution is -0.587. The second kappa shape index (κ2) is 16.0. The van der Waals surface area contributed by atoms with Gasteiger partial charge in [-0.25, -0.2) is 23.7 Å². The number of alkyl halides is 40. The van der Waals surface area contributed by atoms with Gasteiger partial charge in [0.25, 0.3) is 0 Å². The van der Waals surface area contributed by atoms with Crippen molar-refractivity contribution in [3.05, 3.63) is 0 Å². The number of halogens is 40. The smallest absolute Gasteiger partial charge is 0.389 e. The van der Waals surface area contributed by atoms with Gasteiger partial charge in [0.2, 0.25) is 0 Å². The second-order valence-electron chi connectivity index (χ2n) is 11.0. The van der Waals surface area contributed by atoms with E-state index in [1.54, 1.807) is 0 Å². The van der Waals surface area contributed by atoms with Gasteiger partial charge in [-0.2, -0.15) is 176 Å². The lowest BCUT2D eigenvalue weighted by Gasteiger charge is -2.41. The molecule has 0 amide bonds. The maximum Gasteiger partial charge on any atom is 0.496 e. The molecular weight excluding hydrogens is 1100 g/mol. The third-order valence-electron chi connectivity index (χ3n) is 6.30. The Bertz CT molecular complexity index is 1730. The van der Waals surface area contributed by atoms with E-state index in [0.717, 1.165) is 23.7 Å². The normalized spacial score (nSPS) is 16.8. The van der Waals surface area contributed by atoms with Gasteiger partial charge in [-0.05, 0) is 0 Å². The molecule has 0 saturated carbocycles. The molecule has 0 aromatic carbocycles. The highest BCUT2D eigenvalue weighted by Crippen LogP contribution is 2.63. The zero-order valence-electron chi connectivity index (χ0n) is 27.6. The van der Waals surface area contributed by atoms with Gasteiger partial charge in [-0.15, -0.1) is 0 Å². The van der Waals surface area contributed by atoms with Crippen molar-refractivity contribution in [2.24, 2.45) is 0 Å². The first kappa shape index (κ1) is 62.5. The molecule has 6 nitrogen and oxygen atoms in total. The van der Waals surface area contributed by atoms with Crippen LogP contribution in [0.15, 0.2) is 0 Å². The van der Waals surface area contributed by atoms with Gasteiger partial charge < -0.3 is 4.74 Å². The number of ether oxygens (including phenoxy) is 5. The minimum absolute atomic E-state index is 0.849. The van der Waals surface area contributed by atoms with Crippen LogP contribution in [-0.2, 0) is 28.5 Å². The highest BCUT2D eigenvalue weighted by Gasteiger charge is 2.95. The summed E-state index contributed by atoms with van der Waals surface area (Å²) in [4.78, 5) is 11.0. The molecule has 0 aromatic heterocycles. The van der Waals surface area contributed by atoms with E-state index < -0.39 is 121 Å². The van der Waals surface area contributed by atoms with Crippen LogP contribution < -0.4 is 0 Å². The standard InChI is InChI=1S/C20F40O6/c21-2(22,3(23,24)4(25,26)5(27,28)6(29,30)7(31,32)10(37,38)39)1(61)62-13(45,46)14(47,48)64-17(53,54)18(55,56)66-20(59,60)19(57,58)65-16(51,52)15(49,50)63-12(43,44)9(35,36)8(33,34)11(40,41)42. The third-order valence-corrected chi connectivity index (χ3v) is 6.30. The molecule has 0 aromatic rings. The van der Waals surface area contributed by atoms with Crippen LogP contribution in [-0.4, -0.2) is 121 Å². The first-order valence-corrected chi connectivity index (χ1v) is 13.3. The van der Waals surface area contributed by atoms with Crippen molar-refractivity contribution in [2.75, 3.05) is 0 Å². The maximum absolute atomic E-state index is 13.7. The van der Waals surface area contributed by atoms with Crippen LogP contribution in [0.4, 0.5) is 176 Å². The number of esters is 1. The van der Waals surface area contributed by atoms with Gasteiger partial charge in [-0.3, -0.25) is 0 Å². The molecule has 0 radical (unpaired) electrons. The number of carbonyl (C=O) groups is 1. The molecule has 396 valence electrons. The number of carbonyl (C=O) groups excluding carboxylic acids is 1. The van der Waals surface area contributed by atoms with Gasteiger partial charge >= 0.3 is 121 Å². The molecule has 0 heterocycles. The van der Waals surface area contributed by atoms with E-state index in [-0.39, 0.29) is 0 Å². The molecule has 0 saturated heterocycles. The van der Waals surface area contributed by atoms with E-state index in [9.17, 15) is 180 Å². The molecule has 0 aliphatic rings.